The summed E-state index contributed by atoms with van der Waals surface area (Å²) < 4.78 is 1.73. The number of likely N-dealkylation sites (tertiary alicyclic amines) is 1. The zero-order chi connectivity index (χ0) is 16.7. The molecule has 2 fully saturated rings. The van der Waals surface area contributed by atoms with E-state index in [4.69, 9.17) is 5.73 Å². The third kappa shape index (κ3) is 2.68. The van der Waals surface area contributed by atoms with Gasteiger partial charge < -0.3 is 10.6 Å². The van der Waals surface area contributed by atoms with Crippen LogP contribution in [0.2, 0.25) is 0 Å². The van der Waals surface area contributed by atoms with Gasteiger partial charge in [-0.2, -0.15) is 5.10 Å². The summed E-state index contributed by atoms with van der Waals surface area (Å²) in [6, 6.07) is 11.6. The molecule has 24 heavy (non-hydrogen) atoms. The number of carbonyl (C=O) groups is 2. The molecule has 2 amide bonds. The number of hydrogen-bond acceptors (Lipinski definition) is 3. The van der Waals surface area contributed by atoms with E-state index in [1.165, 1.54) is 0 Å². The zero-order valence-corrected chi connectivity index (χ0v) is 13.4. The van der Waals surface area contributed by atoms with E-state index >= 15 is 0 Å². The van der Waals surface area contributed by atoms with Crippen LogP contribution in [0.3, 0.4) is 0 Å². The van der Waals surface area contributed by atoms with Crippen molar-refractivity contribution in [2.45, 2.75) is 25.2 Å². The van der Waals surface area contributed by atoms with Crippen LogP contribution in [0.4, 0.5) is 0 Å². The molecule has 124 valence electrons. The number of nitrogens with zero attached hydrogens (tertiary/aromatic N) is 3. The molecule has 1 aromatic carbocycles. The van der Waals surface area contributed by atoms with Crippen molar-refractivity contribution in [1.82, 2.24) is 14.7 Å². The second-order valence-electron chi connectivity index (χ2n) is 6.62. The minimum atomic E-state index is -0.333. The number of amides is 2. The predicted molar refractivity (Wildman–Crippen MR) is 88.7 cm³/mol. The normalized spacial score (nSPS) is 20.3. The third-order valence-electron chi connectivity index (χ3n) is 4.82. The number of nitrogens with two attached hydrogens (primary N) is 1. The molecule has 4 rings (SSSR count). The van der Waals surface area contributed by atoms with Crippen LogP contribution in [0.25, 0.3) is 5.69 Å². The lowest BCUT2D eigenvalue weighted by atomic mass is 10.1. The smallest absolute Gasteiger partial charge is 0.272 e. The van der Waals surface area contributed by atoms with Gasteiger partial charge in [0.2, 0.25) is 5.91 Å². The Labute approximate surface area is 140 Å². The second-order valence-corrected chi connectivity index (χ2v) is 6.62. The summed E-state index contributed by atoms with van der Waals surface area (Å²) in [5.41, 5.74) is 7.79. The molecule has 1 aromatic heterocycles. The summed E-state index contributed by atoms with van der Waals surface area (Å²) in [6.45, 7) is 0.956. The van der Waals surface area contributed by atoms with Crippen molar-refractivity contribution in [3.05, 3.63) is 47.8 Å². The van der Waals surface area contributed by atoms with Crippen molar-refractivity contribution in [3.63, 3.8) is 0 Å². The maximum absolute atomic E-state index is 13.0. The van der Waals surface area contributed by atoms with Crippen LogP contribution in [0.1, 0.15) is 41.4 Å². The molecule has 1 aliphatic heterocycles. The summed E-state index contributed by atoms with van der Waals surface area (Å²) in [6.07, 6.45) is 2.90. The Morgan fingerprint density at radius 3 is 2.50 bits per heavy atom. The number of rotatable bonds is 4. The van der Waals surface area contributed by atoms with Gasteiger partial charge in [-0.1, -0.05) is 18.2 Å². The van der Waals surface area contributed by atoms with Crippen LogP contribution < -0.4 is 5.73 Å². The van der Waals surface area contributed by atoms with Gasteiger partial charge in [-0.15, -0.1) is 0 Å². The number of benzene rings is 1. The van der Waals surface area contributed by atoms with Crippen molar-refractivity contribution >= 4 is 11.8 Å². The maximum atomic E-state index is 13.0. The van der Waals surface area contributed by atoms with Crippen molar-refractivity contribution in [3.8, 4) is 5.69 Å². The fraction of sp³-hybridized carbons (Fsp3) is 0.389. The number of carbonyl (C=O) groups excluding carboxylic acids is 2. The average Bonchev–Trinajstić information content (AvgIpc) is 3.15. The van der Waals surface area contributed by atoms with E-state index < -0.39 is 0 Å². The van der Waals surface area contributed by atoms with Crippen LogP contribution in [-0.4, -0.2) is 39.6 Å². The summed E-state index contributed by atoms with van der Waals surface area (Å²) in [4.78, 5) is 26.1. The molecular formula is C18H20N4O2. The highest BCUT2D eigenvalue weighted by atomic mass is 16.2. The Balaban J connectivity index is 1.66. The molecule has 6 heteroatoms. The van der Waals surface area contributed by atoms with E-state index in [1.54, 1.807) is 9.58 Å². The van der Waals surface area contributed by atoms with Gasteiger partial charge in [0.1, 0.15) is 5.69 Å². The highest BCUT2D eigenvalue weighted by Gasteiger charge is 2.34. The molecule has 6 nitrogen and oxygen atoms in total. The fourth-order valence-electron chi connectivity index (χ4n) is 3.24. The van der Waals surface area contributed by atoms with Gasteiger partial charge in [0, 0.05) is 19.0 Å². The molecule has 0 radical (unpaired) electrons. The largest absolute Gasteiger partial charge is 0.369 e. The second kappa shape index (κ2) is 5.78. The number of para-hydroxylation sites is 1. The van der Waals surface area contributed by atoms with Crippen LogP contribution in [-0.2, 0) is 4.79 Å². The molecule has 2 heterocycles. The lowest BCUT2D eigenvalue weighted by molar-refractivity contribution is -0.121. The molecule has 1 aliphatic carbocycles. The first-order chi connectivity index (χ1) is 11.6. The minimum Gasteiger partial charge on any atom is -0.369 e. The maximum Gasteiger partial charge on any atom is 0.272 e. The standard InChI is InChI=1S/C18H20N4O2/c19-17(23)13-8-9-21(11-13)18(24)16-10-15(12-6-7-12)20-22(16)14-4-2-1-3-5-14/h1-5,10,12-13H,6-9,11H2,(H2,19,23). The van der Waals surface area contributed by atoms with Gasteiger partial charge in [0.15, 0.2) is 0 Å². The van der Waals surface area contributed by atoms with Crippen LogP contribution in [0.5, 0.6) is 0 Å². The average molecular weight is 324 g/mol. The van der Waals surface area contributed by atoms with E-state index in [1.807, 2.05) is 36.4 Å². The van der Waals surface area contributed by atoms with Gasteiger partial charge in [0.05, 0.1) is 17.3 Å². The molecule has 1 saturated carbocycles. The Kier molecular flexibility index (Phi) is 3.59. The number of hydrogen-bond donors (Lipinski definition) is 1. The Hall–Kier alpha value is -2.63. The molecule has 0 bridgehead atoms. The van der Waals surface area contributed by atoms with Crippen LogP contribution in [0.15, 0.2) is 36.4 Å². The first-order valence-electron chi connectivity index (χ1n) is 8.37. The van der Waals surface area contributed by atoms with Gasteiger partial charge in [-0.05, 0) is 37.5 Å². The van der Waals surface area contributed by atoms with E-state index in [9.17, 15) is 9.59 Å². The molecule has 2 N–H and O–H groups in total. The Bertz CT molecular complexity index is 780. The van der Waals surface area contributed by atoms with Crippen LogP contribution >= 0.6 is 0 Å². The first kappa shape index (κ1) is 14.9. The van der Waals surface area contributed by atoms with Crippen LogP contribution in [0, 0.1) is 5.92 Å². The lowest BCUT2D eigenvalue weighted by Crippen LogP contribution is -2.32. The zero-order valence-electron chi connectivity index (χ0n) is 13.4. The first-order valence-corrected chi connectivity index (χ1v) is 8.37. The Morgan fingerprint density at radius 2 is 1.88 bits per heavy atom. The van der Waals surface area contributed by atoms with Gasteiger partial charge in [-0.25, -0.2) is 4.68 Å². The van der Waals surface area contributed by atoms with E-state index in [0.717, 1.165) is 24.2 Å². The monoisotopic (exact) mass is 324 g/mol. The van der Waals surface area contributed by atoms with Gasteiger partial charge >= 0.3 is 0 Å². The highest BCUT2D eigenvalue weighted by molar-refractivity contribution is 5.94. The molecule has 1 atom stereocenters. The van der Waals surface area contributed by atoms with E-state index in [2.05, 4.69) is 5.10 Å². The third-order valence-corrected chi connectivity index (χ3v) is 4.82. The number of aromatic nitrogens is 2. The Morgan fingerprint density at radius 1 is 1.12 bits per heavy atom. The predicted octanol–water partition coefficient (Wildman–Crippen LogP) is 1.70. The topological polar surface area (TPSA) is 81.2 Å². The highest BCUT2D eigenvalue weighted by Crippen LogP contribution is 2.40. The molecule has 1 saturated heterocycles. The van der Waals surface area contributed by atoms with E-state index in [0.29, 0.717) is 31.1 Å². The van der Waals surface area contributed by atoms with Crippen molar-refractivity contribution < 1.29 is 9.59 Å². The summed E-state index contributed by atoms with van der Waals surface area (Å²) >= 11 is 0. The minimum absolute atomic E-state index is 0.0815. The van der Waals surface area contributed by atoms with Gasteiger partial charge in [0.25, 0.3) is 5.91 Å². The molecular weight excluding hydrogens is 304 g/mol. The summed E-state index contributed by atoms with van der Waals surface area (Å²) in [7, 11) is 0. The SMILES string of the molecule is NC(=O)C1CCN(C(=O)c2cc(C3CC3)nn2-c2ccccc2)C1. The van der Waals surface area contributed by atoms with Gasteiger partial charge in [-0.3, -0.25) is 9.59 Å². The van der Waals surface area contributed by atoms with E-state index in [-0.39, 0.29) is 17.7 Å². The lowest BCUT2D eigenvalue weighted by Gasteiger charge is -2.16. The quantitative estimate of drug-likeness (QED) is 0.929. The van der Waals surface area contributed by atoms with Crippen molar-refractivity contribution in [1.29, 1.82) is 0 Å². The van der Waals surface area contributed by atoms with Crippen molar-refractivity contribution in [2.24, 2.45) is 11.7 Å². The fourth-order valence-corrected chi connectivity index (χ4v) is 3.24. The van der Waals surface area contributed by atoms with Crippen molar-refractivity contribution in [2.75, 3.05) is 13.1 Å². The molecule has 1 unspecified atom stereocenters. The summed E-state index contributed by atoms with van der Waals surface area (Å²) in [5.74, 6) is -0.189. The molecule has 2 aliphatic rings. The molecule has 0 spiro atoms. The number of primary amides is 1. The molecule has 2 aromatic rings. The summed E-state index contributed by atoms with van der Waals surface area (Å²) in [5, 5.41) is 4.67.